The van der Waals surface area contributed by atoms with Crippen LogP contribution in [0.5, 0.6) is 11.5 Å². The van der Waals surface area contributed by atoms with Gasteiger partial charge in [-0.25, -0.2) is 54.8 Å². The number of nitrogens with one attached hydrogen (secondary N) is 9. The van der Waals surface area contributed by atoms with Gasteiger partial charge in [-0.3, -0.25) is 28.8 Å². The van der Waals surface area contributed by atoms with Crippen molar-refractivity contribution in [2.75, 3.05) is 119 Å². The highest BCUT2D eigenvalue weighted by Crippen LogP contribution is 2.43. The van der Waals surface area contributed by atoms with Crippen molar-refractivity contribution in [3.63, 3.8) is 0 Å². The molecule has 2 aromatic carbocycles. The van der Waals surface area contributed by atoms with Crippen molar-refractivity contribution >= 4 is 278 Å². The van der Waals surface area contributed by atoms with Gasteiger partial charge in [0.2, 0.25) is 5.95 Å². The quantitative estimate of drug-likeness (QED) is 0.0450. The average molecular weight is 2330 g/mol. The Morgan fingerprint density at radius 2 is 0.752 bits per heavy atom. The van der Waals surface area contributed by atoms with Gasteiger partial charge in [-0.2, -0.15) is 9.37 Å². The first-order valence-corrected chi connectivity index (χ1v) is 47.6. The second-order valence-corrected chi connectivity index (χ2v) is 36.4. The molecule has 15 heterocycles. The number of nitrogens with two attached hydrogens (primary N) is 2. The first-order valence-electron chi connectivity index (χ1n) is 41.4. The van der Waals surface area contributed by atoms with E-state index in [1.807, 2.05) is 87.4 Å². The summed E-state index contributed by atoms with van der Waals surface area (Å²) in [6.45, 7) is 12.1. The largest absolute Gasteiger partial charge is 0.497 e. The zero-order valence-corrected chi connectivity index (χ0v) is 89.5. The SMILES string of the molecule is CN.CNc1ncc(Br)cc1C(=O)Nc1c(C)cc(Cl)nc1Cl.CNc1ncccc1C(=O)Nc1c(C)cc(Cl)nc1Cl.COc1ccc(CN)cc1.COc1ccc(CNc2cc(C)c3c(n2)N(C)c2ncc(Br)cc2C(=O)N3)cc1.Cc1cc(Cl)nc(Cl)c1NC(=O)c1cccnc1Cl.Cc1cc(Cl)nc2c1NC(=O)c1cc(Br)cnc1N2C.Cc1cc(F)nc2c1NC(=O)c1cc(Br)cnc1N2C. The summed E-state index contributed by atoms with van der Waals surface area (Å²) < 4.78 is 26.6. The molecule has 0 spiro atoms. The number of fused-ring (bicyclic) bond motifs is 6. The number of ether oxygens (including phenoxy) is 2. The highest BCUT2D eigenvalue weighted by atomic mass is 79.9. The number of aromatic nitrogens is 12. The standard InChI is InChI=1S/C21H20BrN5O2.C13H11BrCl2N4O.C13H10BrClN4O.C13H10BrFN4O.C13H12Cl2N4O.C12H8Cl3N3O.C8H11NO.CH5N/c1-12-8-17(23-10-13-4-6-15(29-3)7-5-13)25-20-18(12)26-21(28)16-9-14(22)11-24-19(16)27(20)2;1-6-3-9(15)19-11(16)10(6)20-13(21)8-4-7(14)5-18-12(8)17-2;2*1-6-3-9(15)17-12-10(6)18-13(20)8-4-7(14)5-16-11(8)19(12)2;1-7-6-9(14)18-11(15)10(7)19-13(20)8-4-3-5-17-12(8)16-2;1-6-5-8(13)17-11(15)9(6)18-12(19)7-3-2-4-16-10(7)14;1-10-8-4-2-7(6-9)3-5-8;1-2/h4-9,11H,10H2,1-3H3,(H,23,25)(H,26,28);3-5H,1-2H3,(H,17,18)(H,20,21);2*3-5H,1-2H3,(H,18,20);3-6H,1-2H3,(H,16,17)(H,19,20);2-5H,1H3,(H,18,19);2-5H,6,9H2,1H3;2H2,1H3. The maximum Gasteiger partial charge on any atom is 0.259 e. The van der Waals surface area contributed by atoms with E-state index >= 15 is 0 Å². The fraction of sp³-hybridized carbons (Fsp3) is 0.170. The lowest BCUT2D eigenvalue weighted by Gasteiger charge is -2.20. The molecule has 141 heavy (non-hydrogen) atoms. The molecule has 0 saturated heterocycles. The van der Waals surface area contributed by atoms with E-state index in [4.69, 9.17) is 113 Å². The Labute approximate surface area is 883 Å². The van der Waals surface area contributed by atoms with E-state index in [9.17, 15) is 33.2 Å². The molecule has 0 saturated carbocycles. The third kappa shape index (κ3) is 28.7. The van der Waals surface area contributed by atoms with Crippen molar-refractivity contribution in [3.8, 4) is 11.5 Å². The number of carbonyl (C=O) groups is 6. The van der Waals surface area contributed by atoms with Gasteiger partial charge in [0, 0.05) is 103 Å². The smallest absolute Gasteiger partial charge is 0.259 e. The molecule has 3 aliphatic rings. The van der Waals surface area contributed by atoms with E-state index < -0.39 is 11.9 Å². The molecule has 0 atom stereocenters. The summed E-state index contributed by atoms with van der Waals surface area (Å²) in [5.74, 6) is 4.07. The number of aryl methyl sites for hydroxylation is 6. The van der Waals surface area contributed by atoms with Crippen LogP contribution in [0.4, 0.5) is 90.9 Å². The molecule has 17 rings (SSSR count). The first kappa shape index (κ1) is 111. The number of carbonyl (C=O) groups excluding carboxylic acids is 6. The topological polar surface area (TPSA) is 446 Å². The molecule has 6 amide bonds. The predicted molar refractivity (Wildman–Crippen MR) is 572 cm³/mol. The van der Waals surface area contributed by atoms with Crippen LogP contribution in [0.1, 0.15) is 107 Å². The fourth-order valence-electron chi connectivity index (χ4n) is 13.2. The van der Waals surface area contributed by atoms with Crippen molar-refractivity contribution in [2.24, 2.45) is 11.5 Å². The Morgan fingerprint density at radius 1 is 0.404 bits per heavy atom. The molecule has 13 N–H and O–H groups in total. The Hall–Kier alpha value is -12.5. The number of nitrogens with zero attached hydrogens (tertiary/aromatic N) is 15. The summed E-state index contributed by atoms with van der Waals surface area (Å²) in [6, 6.07) is 38.8. The third-order valence-corrected chi connectivity index (χ3v) is 23.8. The normalized spacial score (nSPS) is 11.5. The molecule has 0 radical (unpaired) electrons. The summed E-state index contributed by atoms with van der Waals surface area (Å²) in [5.41, 5.74) is 22.2. The van der Waals surface area contributed by atoms with Crippen LogP contribution in [0, 0.1) is 47.5 Å². The van der Waals surface area contributed by atoms with Crippen LogP contribution in [0.15, 0.2) is 189 Å². The minimum Gasteiger partial charge on any atom is -0.497 e. The van der Waals surface area contributed by atoms with Crippen LogP contribution in [0.3, 0.4) is 0 Å². The Morgan fingerprint density at radius 3 is 1.16 bits per heavy atom. The van der Waals surface area contributed by atoms with E-state index in [0.717, 1.165) is 59.6 Å². The van der Waals surface area contributed by atoms with Gasteiger partial charge in [-0.1, -0.05) is 117 Å². The van der Waals surface area contributed by atoms with E-state index in [-0.39, 0.29) is 71.2 Å². The van der Waals surface area contributed by atoms with Crippen molar-refractivity contribution in [2.45, 2.75) is 54.6 Å². The number of benzene rings is 2. The molecule has 732 valence electrons. The van der Waals surface area contributed by atoms with E-state index in [1.165, 1.54) is 19.3 Å². The Balaban J connectivity index is 0.000000171. The van der Waals surface area contributed by atoms with Crippen molar-refractivity contribution in [3.05, 3.63) is 314 Å². The van der Waals surface area contributed by atoms with Gasteiger partial charge in [0.25, 0.3) is 35.4 Å². The second kappa shape index (κ2) is 51.3. The van der Waals surface area contributed by atoms with E-state index in [2.05, 4.69) is 172 Å². The van der Waals surface area contributed by atoms with Crippen LogP contribution in [0.25, 0.3) is 0 Å². The fourth-order valence-corrected chi connectivity index (χ4v) is 16.8. The second-order valence-electron chi connectivity index (χ2n) is 29.7. The summed E-state index contributed by atoms with van der Waals surface area (Å²) in [5, 5.41) is 27.5. The van der Waals surface area contributed by atoms with Gasteiger partial charge in [0.15, 0.2) is 32.9 Å². The monoisotopic (exact) mass is 2320 g/mol. The first-order chi connectivity index (χ1) is 67.2. The Bertz CT molecular complexity index is 6810. The van der Waals surface area contributed by atoms with Crippen LogP contribution < -0.4 is 83.5 Å². The van der Waals surface area contributed by atoms with Gasteiger partial charge < -0.3 is 83.5 Å². The molecule has 14 aromatic rings. The number of methoxy groups -OCH3 is 2. The minimum absolute atomic E-state index is 0.121. The van der Waals surface area contributed by atoms with Crippen LogP contribution >= 0.6 is 157 Å². The molecule has 47 heteroatoms. The lowest BCUT2D eigenvalue weighted by atomic mass is 10.2. The van der Waals surface area contributed by atoms with Crippen molar-refractivity contribution in [1.29, 1.82) is 0 Å². The number of pyridine rings is 12. The minimum atomic E-state index is -0.595. The third-order valence-electron chi connectivity index (χ3n) is 20.2. The van der Waals surface area contributed by atoms with Gasteiger partial charge in [-0.15, -0.1) is 0 Å². The summed E-state index contributed by atoms with van der Waals surface area (Å²) in [4.78, 5) is 129. The number of halogens is 13. The number of hydrogen-bond acceptors (Lipinski definition) is 28. The molecule has 3 aliphatic heterocycles. The lowest BCUT2D eigenvalue weighted by Crippen LogP contribution is -2.16. The molecule has 34 nitrogen and oxygen atoms in total. The number of hydrogen-bond donors (Lipinski definition) is 11. The number of anilines is 15. The van der Waals surface area contributed by atoms with Crippen molar-refractivity contribution in [1.82, 2.24) is 59.8 Å². The van der Waals surface area contributed by atoms with E-state index in [0.29, 0.717) is 147 Å². The average Bonchev–Trinajstić information content (AvgIpc) is 1.64. The molecule has 0 aliphatic carbocycles. The van der Waals surface area contributed by atoms with Gasteiger partial charge in [0.05, 0.1) is 81.7 Å². The van der Waals surface area contributed by atoms with Crippen LogP contribution in [-0.4, -0.2) is 152 Å². The van der Waals surface area contributed by atoms with Crippen LogP contribution in [-0.2, 0) is 13.1 Å². The van der Waals surface area contributed by atoms with Crippen LogP contribution in [0.2, 0.25) is 41.2 Å². The highest BCUT2D eigenvalue weighted by Gasteiger charge is 2.32. The Kier molecular flexibility index (Phi) is 40.2. The molecule has 12 aromatic heterocycles. The molecular weight excluding hydrogens is 2240 g/mol. The van der Waals surface area contributed by atoms with Crippen molar-refractivity contribution < 1.29 is 42.6 Å². The summed E-state index contributed by atoms with van der Waals surface area (Å²) in [6.07, 6.45) is 9.60. The zero-order valence-electron chi connectivity index (χ0n) is 77.1. The van der Waals surface area contributed by atoms with Gasteiger partial charge in [-0.05, 0) is 266 Å². The van der Waals surface area contributed by atoms with Gasteiger partial charge in [0.1, 0.15) is 72.2 Å². The van der Waals surface area contributed by atoms with E-state index in [1.54, 1.807) is 177 Å². The molecular formula is C94H87Br4Cl8FN26O8. The zero-order chi connectivity index (χ0) is 103. The van der Waals surface area contributed by atoms with Gasteiger partial charge >= 0.3 is 0 Å². The maximum absolute atomic E-state index is 13.5. The number of amides is 6. The highest BCUT2D eigenvalue weighted by molar-refractivity contribution is 9.11. The maximum atomic E-state index is 13.5. The predicted octanol–water partition coefficient (Wildman–Crippen LogP) is 23.3. The molecule has 0 bridgehead atoms. The summed E-state index contributed by atoms with van der Waals surface area (Å²) >= 11 is 60.5. The number of rotatable bonds is 14. The molecule has 0 unspecified atom stereocenters. The lowest BCUT2D eigenvalue weighted by molar-refractivity contribution is 0.101. The molecule has 0 fully saturated rings. The summed E-state index contributed by atoms with van der Waals surface area (Å²) in [7, 11) is 13.6.